The number of hydrogen-bond donors (Lipinski definition) is 0. The van der Waals surface area contributed by atoms with Crippen molar-refractivity contribution in [2.75, 3.05) is 13.2 Å². The number of terminal acetylenes is 1. The molecule has 2 aromatic rings. The highest BCUT2D eigenvalue weighted by Gasteiger charge is 2.34. The van der Waals surface area contributed by atoms with Crippen LogP contribution >= 0.6 is 11.8 Å². The minimum Gasteiger partial charge on any atom is -0.490 e. The zero-order valence-electron chi connectivity index (χ0n) is 16.3. The fourth-order valence-corrected chi connectivity index (χ4v) is 3.68. The van der Waals surface area contributed by atoms with Gasteiger partial charge in [0.25, 0.3) is 11.1 Å². The van der Waals surface area contributed by atoms with Gasteiger partial charge in [0, 0.05) is 0 Å². The van der Waals surface area contributed by atoms with E-state index in [9.17, 15) is 9.59 Å². The first-order chi connectivity index (χ1) is 14.0. The number of carbonyl (C=O) groups excluding carboxylic acids is 2. The molecule has 0 aliphatic carbocycles. The monoisotopic (exact) mass is 407 g/mol. The Morgan fingerprint density at radius 2 is 1.97 bits per heavy atom. The summed E-state index contributed by atoms with van der Waals surface area (Å²) in [5, 5.41) is -0.359. The zero-order chi connectivity index (χ0) is 20.8. The maximum atomic E-state index is 12.3. The average Bonchev–Trinajstić information content (AvgIpc) is 2.95. The van der Waals surface area contributed by atoms with Crippen LogP contribution in [0.5, 0.6) is 11.5 Å². The molecule has 1 saturated heterocycles. The fourth-order valence-electron chi connectivity index (χ4n) is 2.84. The highest BCUT2D eigenvalue weighted by atomic mass is 32.2. The van der Waals surface area contributed by atoms with Crippen molar-refractivity contribution in [1.29, 1.82) is 0 Å². The molecule has 2 amide bonds. The van der Waals surface area contributed by atoms with Gasteiger partial charge in [-0.15, -0.1) is 6.42 Å². The van der Waals surface area contributed by atoms with E-state index in [4.69, 9.17) is 15.9 Å². The number of nitrogens with zero attached hydrogens (tertiary/aromatic N) is 1. The Balaban J connectivity index is 1.80. The predicted molar refractivity (Wildman–Crippen MR) is 115 cm³/mol. The van der Waals surface area contributed by atoms with Crippen LogP contribution in [0.25, 0.3) is 6.08 Å². The summed E-state index contributed by atoms with van der Waals surface area (Å²) in [5.41, 5.74) is 2.98. The smallest absolute Gasteiger partial charge is 0.294 e. The van der Waals surface area contributed by atoms with E-state index in [1.807, 2.05) is 38.1 Å². The summed E-state index contributed by atoms with van der Waals surface area (Å²) in [4.78, 5) is 25.7. The molecule has 29 heavy (non-hydrogen) atoms. The molecule has 0 N–H and O–H groups in total. The van der Waals surface area contributed by atoms with Gasteiger partial charge < -0.3 is 9.47 Å². The van der Waals surface area contributed by atoms with E-state index in [0.717, 1.165) is 27.8 Å². The summed E-state index contributed by atoms with van der Waals surface area (Å²) < 4.78 is 11.7. The van der Waals surface area contributed by atoms with Gasteiger partial charge in [0.1, 0.15) is 6.61 Å². The van der Waals surface area contributed by atoms with Gasteiger partial charge in [0.05, 0.1) is 18.1 Å². The summed E-state index contributed by atoms with van der Waals surface area (Å²) in [6, 6.07) is 13.5. The van der Waals surface area contributed by atoms with Crippen molar-refractivity contribution in [3.05, 3.63) is 64.1 Å². The fraction of sp³-hybridized carbons (Fsp3) is 0.217. The molecule has 0 saturated carbocycles. The molecular weight excluding hydrogens is 386 g/mol. The number of hydrogen-bond acceptors (Lipinski definition) is 5. The third-order valence-electron chi connectivity index (χ3n) is 4.17. The SMILES string of the molecule is C#CCN1C(=O)S/C(=C\c2ccc(OCc3cccc(C)c3)c(OCC)c2)C1=O. The standard InChI is InChI=1S/C23H21NO4S/c1-4-11-24-22(25)21(29-23(24)26)14-17-9-10-19(20(13-17)27-5-2)28-15-18-8-6-7-16(3)12-18/h1,6-10,12-14H,5,11,15H2,2-3H3/b21-14-. The van der Waals surface area contributed by atoms with E-state index >= 15 is 0 Å². The molecular formula is C23H21NO4S. The second-order valence-corrected chi connectivity index (χ2v) is 7.38. The summed E-state index contributed by atoms with van der Waals surface area (Å²) in [6.45, 7) is 4.80. The van der Waals surface area contributed by atoms with Crippen molar-refractivity contribution in [3.63, 3.8) is 0 Å². The number of rotatable bonds is 7. The molecule has 2 aromatic carbocycles. The largest absolute Gasteiger partial charge is 0.490 e. The summed E-state index contributed by atoms with van der Waals surface area (Å²) in [5.74, 6) is 3.14. The van der Waals surface area contributed by atoms with E-state index in [2.05, 4.69) is 12.0 Å². The quantitative estimate of drug-likeness (QED) is 0.494. The van der Waals surface area contributed by atoms with Crippen LogP contribution in [0, 0.1) is 19.3 Å². The molecule has 0 bridgehead atoms. The van der Waals surface area contributed by atoms with Gasteiger partial charge in [0.15, 0.2) is 11.5 Å². The van der Waals surface area contributed by atoms with Crippen molar-refractivity contribution < 1.29 is 19.1 Å². The number of benzene rings is 2. The van der Waals surface area contributed by atoms with Crippen LogP contribution in [-0.2, 0) is 11.4 Å². The lowest BCUT2D eigenvalue weighted by Gasteiger charge is -2.13. The highest BCUT2D eigenvalue weighted by molar-refractivity contribution is 8.18. The first kappa shape index (κ1) is 20.6. The van der Waals surface area contributed by atoms with Crippen LogP contribution in [0.3, 0.4) is 0 Å². The van der Waals surface area contributed by atoms with Crippen LogP contribution in [0.4, 0.5) is 4.79 Å². The molecule has 1 heterocycles. The summed E-state index contributed by atoms with van der Waals surface area (Å²) in [6.07, 6.45) is 6.89. The van der Waals surface area contributed by atoms with E-state index < -0.39 is 0 Å². The van der Waals surface area contributed by atoms with Gasteiger partial charge in [-0.25, -0.2) is 0 Å². The van der Waals surface area contributed by atoms with Gasteiger partial charge in [-0.1, -0.05) is 41.8 Å². The molecule has 1 aliphatic heterocycles. The molecule has 0 spiro atoms. The third-order valence-corrected chi connectivity index (χ3v) is 5.07. The van der Waals surface area contributed by atoms with Crippen molar-refractivity contribution in [3.8, 4) is 23.8 Å². The molecule has 0 radical (unpaired) electrons. The molecule has 0 atom stereocenters. The Labute approximate surface area is 174 Å². The van der Waals surface area contributed by atoms with Crippen LogP contribution < -0.4 is 9.47 Å². The maximum Gasteiger partial charge on any atom is 0.294 e. The Morgan fingerprint density at radius 3 is 2.69 bits per heavy atom. The third kappa shape index (κ3) is 5.01. The highest BCUT2D eigenvalue weighted by Crippen LogP contribution is 2.34. The first-order valence-electron chi connectivity index (χ1n) is 9.16. The Hall–Kier alpha value is -3.17. The number of ether oxygens (including phenoxy) is 2. The minimum atomic E-state index is -0.379. The predicted octanol–water partition coefficient (Wildman–Crippen LogP) is 4.64. The average molecular weight is 407 g/mol. The number of aryl methyl sites for hydroxylation is 1. The summed E-state index contributed by atoms with van der Waals surface area (Å²) in [7, 11) is 0. The van der Waals surface area contributed by atoms with Crippen LogP contribution in [-0.4, -0.2) is 29.2 Å². The van der Waals surface area contributed by atoms with Crippen LogP contribution in [0.1, 0.15) is 23.6 Å². The maximum absolute atomic E-state index is 12.3. The van der Waals surface area contributed by atoms with Gasteiger partial charge in [-0.3, -0.25) is 14.5 Å². The molecule has 1 aliphatic rings. The number of thioether (sulfide) groups is 1. The van der Waals surface area contributed by atoms with Gasteiger partial charge in [-0.2, -0.15) is 0 Å². The van der Waals surface area contributed by atoms with Gasteiger partial charge >= 0.3 is 0 Å². The van der Waals surface area contributed by atoms with Crippen molar-refractivity contribution in [1.82, 2.24) is 4.90 Å². The van der Waals surface area contributed by atoms with Crippen LogP contribution in [0.2, 0.25) is 0 Å². The van der Waals surface area contributed by atoms with Crippen molar-refractivity contribution in [2.24, 2.45) is 0 Å². The normalized spacial score (nSPS) is 14.9. The van der Waals surface area contributed by atoms with Gasteiger partial charge in [0.2, 0.25) is 0 Å². The lowest BCUT2D eigenvalue weighted by atomic mass is 10.1. The van der Waals surface area contributed by atoms with Crippen molar-refractivity contribution >= 4 is 29.0 Å². The number of amides is 2. The molecule has 0 unspecified atom stereocenters. The summed E-state index contributed by atoms with van der Waals surface area (Å²) >= 11 is 0.880. The second-order valence-electron chi connectivity index (χ2n) is 6.39. The number of imide groups is 1. The Kier molecular flexibility index (Phi) is 6.63. The van der Waals surface area contributed by atoms with Crippen LogP contribution in [0.15, 0.2) is 47.4 Å². The lowest BCUT2D eigenvalue weighted by molar-refractivity contribution is -0.122. The topological polar surface area (TPSA) is 55.8 Å². The lowest BCUT2D eigenvalue weighted by Crippen LogP contribution is -2.28. The Bertz CT molecular complexity index is 1010. The van der Waals surface area contributed by atoms with E-state index in [1.165, 1.54) is 5.56 Å². The van der Waals surface area contributed by atoms with E-state index in [0.29, 0.717) is 29.6 Å². The van der Waals surface area contributed by atoms with Crippen molar-refractivity contribution in [2.45, 2.75) is 20.5 Å². The minimum absolute atomic E-state index is 0.0298. The van der Waals surface area contributed by atoms with Gasteiger partial charge in [-0.05, 0) is 54.9 Å². The zero-order valence-corrected chi connectivity index (χ0v) is 17.1. The molecule has 148 valence electrons. The molecule has 6 heteroatoms. The molecule has 5 nitrogen and oxygen atoms in total. The number of carbonyl (C=O) groups is 2. The van der Waals surface area contributed by atoms with E-state index in [-0.39, 0.29) is 17.7 Å². The molecule has 3 rings (SSSR count). The van der Waals surface area contributed by atoms with E-state index in [1.54, 1.807) is 18.2 Å². The first-order valence-corrected chi connectivity index (χ1v) is 9.97. The Morgan fingerprint density at radius 1 is 1.14 bits per heavy atom. The molecule has 0 aromatic heterocycles. The second kappa shape index (κ2) is 9.35. The molecule has 1 fully saturated rings.